The van der Waals surface area contributed by atoms with Crippen LogP contribution in [0, 0.1) is 0 Å². The molecule has 0 aliphatic heterocycles. The Hall–Kier alpha value is -1.78. The number of rotatable bonds is 4. The lowest BCUT2D eigenvalue weighted by Gasteiger charge is -2.05. The molecule has 0 aliphatic rings. The topological polar surface area (TPSA) is 46.4 Å². The summed E-state index contributed by atoms with van der Waals surface area (Å²) in [5.41, 5.74) is 4.94. The van der Waals surface area contributed by atoms with Gasteiger partial charge in [0.15, 0.2) is 0 Å². The number of nitrogens with one attached hydrogen (secondary N) is 1. The second-order valence-electron chi connectivity index (χ2n) is 4.65. The van der Waals surface area contributed by atoms with Crippen LogP contribution in [0.4, 0.5) is 0 Å². The summed E-state index contributed by atoms with van der Waals surface area (Å²) in [6, 6.07) is 9.01. The molecule has 1 amide bonds. The van der Waals surface area contributed by atoms with Crippen LogP contribution in [0.3, 0.4) is 0 Å². The molecule has 0 aliphatic carbocycles. The fraction of sp³-hybridized carbons (Fsp3) is 0.200. The fourth-order valence-electron chi connectivity index (χ4n) is 1.82. The molecule has 21 heavy (non-hydrogen) atoms. The summed E-state index contributed by atoms with van der Waals surface area (Å²) >= 11 is 11.8. The Bertz CT molecular complexity index is 692. The molecular formula is C15H15Cl2N3O. The highest BCUT2D eigenvalue weighted by Gasteiger charge is 2.06. The van der Waals surface area contributed by atoms with E-state index in [0.717, 1.165) is 11.3 Å². The van der Waals surface area contributed by atoms with E-state index in [9.17, 15) is 4.79 Å². The van der Waals surface area contributed by atoms with Gasteiger partial charge in [0.2, 0.25) is 5.91 Å². The van der Waals surface area contributed by atoms with Gasteiger partial charge in [-0.25, -0.2) is 5.43 Å². The van der Waals surface area contributed by atoms with Crippen LogP contribution in [-0.2, 0) is 18.3 Å². The Morgan fingerprint density at radius 1 is 1.29 bits per heavy atom. The molecule has 2 aromatic rings. The van der Waals surface area contributed by atoms with Gasteiger partial charge in [-0.15, -0.1) is 0 Å². The van der Waals surface area contributed by atoms with Crippen molar-refractivity contribution in [3.8, 4) is 0 Å². The van der Waals surface area contributed by atoms with Crippen molar-refractivity contribution >= 4 is 34.8 Å². The van der Waals surface area contributed by atoms with Crippen LogP contribution in [0.5, 0.6) is 0 Å². The zero-order valence-corrected chi connectivity index (χ0v) is 13.2. The van der Waals surface area contributed by atoms with Crippen molar-refractivity contribution in [1.29, 1.82) is 0 Å². The number of nitrogens with zero attached hydrogens (tertiary/aromatic N) is 2. The first-order valence-corrected chi connectivity index (χ1v) is 7.11. The number of amides is 1. The van der Waals surface area contributed by atoms with Crippen LogP contribution in [0.15, 0.2) is 41.6 Å². The molecule has 0 unspecified atom stereocenters. The molecule has 1 aromatic heterocycles. The van der Waals surface area contributed by atoms with Gasteiger partial charge in [-0.3, -0.25) is 4.79 Å². The van der Waals surface area contributed by atoms with Gasteiger partial charge in [-0.1, -0.05) is 29.3 Å². The van der Waals surface area contributed by atoms with Crippen molar-refractivity contribution in [2.24, 2.45) is 12.1 Å². The standard InChI is InChI=1S/C15H15Cl2N3O/c1-10(11-5-6-13(16)14(17)8-11)18-19-15(21)9-12-4-3-7-20(12)2/h3-8H,9H2,1-2H3,(H,19,21). The van der Waals surface area contributed by atoms with Gasteiger partial charge in [-0.2, -0.15) is 5.10 Å². The summed E-state index contributed by atoms with van der Waals surface area (Å²) < 4.78 is 1.90. The Balaban J connectivity index is 2.01. The summed E-state index contributed by atoms with van der Waals surface area (Å²) in [7, 11) is 1.90. The molecule has 0 saturated carbocycles. The molecule has 0 radical (unpaired) electrons. The molecule has 0 atom stereocenters. The second kappa shape index (κ2) is 6.78. The maximum Gasteiger partial charge on any atom is 0.246 e. The number of aromatic nitrogens is 1. The largest absolute Gasteiger partial charge is 0.354 e. The van der Waals surface area contributed by atoms with Gasteiger partial charge in [0.05, 0.1) is 22.2 Å². The summed E-state index contributed by atoms with van der Waals surface area (Å²) in [4.78, 5) is 11.8. The van der Waals surface area contributed by atoms with Crippen LogP contribution in [-0.4, -0.2) is 16.2 Å². The van der Waals surface area contributed by atoms with Gasteiger partial charge in [-0.05, 0) is 36.8 Å². The van der Waals surface area contributed by atoms with Gasteiger partial charge < -0.3 is 4.57 Å². The number of hydrogen-bond donors (Lipinski definition) is 1. The average molecular weight is 324 g/mol. The Labute approximate surface area is 133 Å². The summed E-state index contributed by atoms with van der Waals surface area (Å²) in [5, 5.41) is 5.03. The van der Waals surface area contributed by atoms with E-state index >= 15 is 0 Å². The number of carbonyl (C=O) groups is 1. The maximum absolute atomic E-state index is 11.8. The van der Waals surface area contributed by atoms with E-state index in [0.29, 0.717) is 15.8 Å². The summed E-state index contributed by atoms with van der Waals surface area (Å²) in [6.45, 7) is 1.79. The third-order valence-corrected chi connectivity index (χ3v) is 3.82. The third kappa shape index (κ3) is 4.09. The van der Waals surface area contributed by atoms with Crippen LogP contribution >= 0.6 is 23.2 Å². The first-order valence-electron chi connectivity index (χ1n) is 6.36. The molecule has 6 heteroatoms. The minimum absolute atomic E-state index is 0.170. The molecule has 0 spiro atoms. The van der Waals surface area contributed by atoms with E-state index in [1.165, 1.54) is 0 Å². The fourth-order valence-corrected chi connectivity index (χ4v) is 2.11. The highest BCUT2D eigenvalue weighted by molar-refractivity contribution is 6.42. The molecule has 1 N–H and O–H groups in total. The van der Waals surface area contributed by atoms with Crippen LogP contribution in [0.25, 0.3) is 0 Å². The summed E-state index contributed by atoms with van der Waals surface area (Å²) in [5.74, 6) is -0.170. The monoisotopic (exact) mass is 323 g/mol. The van der Waals surface area contributed by atoms with E-state index in [2.05, 4.69) is 10.5 Å². The van der Waals surface area contributed by atoms with E-state index in [4.69, 9.17) is 23.2 Å². The zero-order chi connectivity index (χ0) is 15.4. The molecule has 110 valence electrons. The van der Waals surface area contributed by atoms with Gasteiger partial charge in [0.1, 0.15) is 0 Å². The lowest BCUT2D eigenvalue weighted by Crippen LogP contribution is -2.22. The molecule has 4 nitrogen and oxygen atoms in total. The zero-order valence-electron chi connectivity index (χ0n) is 11.7. The number of aryl methyl sites for hydroxylation is 1. The minimum atomic E-state index is -0.170. The Kier molecular flexibility index (Phi) is 5.04. The number of halogens is 2. The van der Waals surface area contributed by atoms with Gasteiger partial charge in [0.25, 0.3) is 0 Å². The predicted octanol–water partition coefficient (Wildman–Crippen LogP) is 3.41. The highest BCUT2D eigenvalue weighted by atomic mass is 35.5. The van der Waals surface area contributed by atoms with Crippen LogP contribution in [0.1, 0.15) is 18.2 Å². The smallest absolute Gasteiger partial charge is 0.246 e. The molecule has 1 heterocycles. The average Bonchev–Trinajstić information content (AvgIpc) is 2.84. The number of benzene rings is 1. The molecule has 0 saturated heterocycles. The van der Waals surface area contributed by atoms with Crippen molar-refractivity contribution < 1.29 is 4.79 Å². The lowest BCUT2D eigenvalue weighted by atomic mass is 10.1. The van der Waals surface area contributed by atoms with E-state index in [1.54, 1.807) is 25.1 Å². The first kappa shape index (κ1) is 15.6. The predicted molar refractivity (Wildman–Crippen MR) is 85.9 cm³/mol. The molecular weight excluding hydrogens is 309 g/mol. The van der Waals surface area contributed by atoms with Crippen LogP contribution < -0.4 is 5.43 Å². The Morgan fingerprint density at radius 3 is 2.67 bits per heavy atom. The van der Waals surface area contributed by atoms with E-state index < -0.39 is 0 Å². The molecule has 2 rings (SSSR count). The molecule has 0 bridgehead atoms. The third-order valence-electron chi connectivity index (χ3n) is 3.08. The van der Waals surface area contributed by atoms with Crippen molar-refractivity contribution in [3.63, 3.8) is 0 Å². The van der Waals surface area contributed by atoms with Crippen molar-refractivity contribution in [3.05, 3.63) is 57.8 Å². The number of carbonyl (C=O) groups excluding carboxylic acids is 1. The van der Waals surface area contributed by atoms with E-state index in [1.807, 2.05) is 29.9 Å². The minimum Gasteiger partial charge on any atom is -0.354 e. The quantitative estimate of drug-likeness (QED) is 0.680. The van der Waals surface area contributed by atoms with Crippen LogP contribution in [0.2, 0.25) is 10.0 Å². The molecule has 0 fully saturated rings. The van der Waals surface area contributed by atoms with Crippen molar-refractivity contribution in [2.75, 3.05) is 0 Å². The molecule has 1 aromatic carbocycles. The SMILES string of the molecule is CC(=NNC(=O)Cc1cccn1C)c1ccc(Cl)c(Cl)c1. The highest BCUT2D eigenvalue weighted by Crippen LogP contribution is 2.22. The van der Waals surface area contributed by atoms with Gasteiger partial charge in [0, 0.05) is 18.9 Å². The van der Waals surface area contributed by atoms with Crippen molar-refractivity contribution in [2.45, 2.75) is 13.3 Å². The first-order chi connectivity index (χ1) is 9.97. The number of hydrogen-bond acceptors (Lipinski definition) is 2. The van der Waals surface area contributed by atoms with E-state index in [-0.39, 0.29) is 12.3 Å². The Morgan fingerprint density at radius 2 is 2.05 bits per heavy atom. The summed E-state index contributed by atoms with van der Waals surface area (Å²) in [6.07, 6.45) is 2.18. The number of hydrazone groups is 1. The lowest BCUT2D eigenvalue weighted by molar-refractivity contribution is -0.120. The second-order valence-corrected chi connectivity index (χ2v) is 5.46. The van der Waals surface area contributed by atoms with Gasteiger partial charge >= 0.3 is 0 Å². The maximum atomic E-state index is 11.8. The van der Waals surface area contributed by atoms with Crippen molar-refractivity contribution in [1.82, 2.24) is 9.99 Å². The normalized spacial score (nSPS) is 11.5.